The largest absolute Gasteiger partial charge is 0.481 e. The van der Waals surface area contributed by atoms with Gasteiger partial charge in [0.25, 0.3) is 0 Å². The van der Waals surface area contributed by atoms with Crippen molar-refractivity contribution < 1.29 is 29.3 Å². The van der Waals surface area contributed by atoms with Crippen LogP contribution in [-0.2, 0) is 19.1 Å². The topological polar surface area (TPSA) is 150 Å². The molecule has 0 saturated carbocycles. The van der Waals surface area contributed by atoms with E-state index in [0.29, 0.717) is 11.4 Å². The molecular weight excluding hydrogens is 564 g/mol. The Kier molecular flexibility index (Phi) is 12.7. The van der Waals surface area contributed by atoms with Gasteiger partial charge in [0.15, 0.2) is 0 Å². The molecule has 12 heteroatoms. The molecule has 3 aliphatic heterocycles. The fourth-order valence-electron chi connectivity index (χ4n) is 5.72. The number of nitrogens with zero attached hydrogens (tertiary/aromatic N) is 5. The van der Waals surface area contributed by atoms with Crippen molar-refractivity contribution in [3.63, 3.8) is 0 Å². The van der Waals surface area contributed by atoms with Crippen molar-refractivity contribution in [3.05, 3.63) is 18.6 Å². The summed E-state index contributed by atoms with van der Waals surface area (Å²) in [5, 5.41) is 19.8. The first-order valence-electron chi connectivity index (χ1n) is 15.9. The lowest BCUT2D eigenvalue weighted by molar-refractivity contribution is -0.141. The van der Waals surface area contributed by atoms with Gasteiger partial charge in [0.05, 0.1) is 23.3 Å². The molecule has 12 nitrogen and oxygen atoms in total. The lowest BCUT2D eigenvalue weighted by atomic mass is 9.85. The van der Waals surface area contributed by atoms with Gasteiger partial charge in [-0.1, -0.05) is 41.5 Å². The molecule has 3 saturated heterocycles. The monoisotopic (exact) mass is 616 g/mol. The van der Waals surface area contributed by atoms with E-state index in [1.807, 2.05) is 26.1 Å². The van der Waals surface area contributed by atoms with Crippen LogP contribution in [0.3, 0.4) is 0 Å². The minimum absolute atomic E-state index is 0.0166. The molecule has 0 aliphatic carbocycles. The molecule has 3 N–H and O–H groups in total. The number of aromatic nitrogens is 3. The van der Waals surface area contributed by atoms with Crippen LogP contribution in [0.2, 0.25) is 0 Å². The number of carboxylic acid groups (broad SMARTS) is 2. The fourth-order valence-corrected chi connectivity index (χ4v) is 5.72. The molecule has 2 aromatic rings. The molecule has 3 aliphatic rings. The highest BCUT2D eigenvalue weighted by Crippen LogP contribution is 2.40. The summed E-state index contributed by atoms with van der Waals surface area (Å²) in [7, 11) is 2.24. The van der Waals surface area contributed by atoms with Crippen molar-refractivity contribution in [2.24, 2.45) is 17.8 Å². The molecule has 2 atom stereocenters. The van der Waals surface area contributed by atoms with E-state index < -0.39 is 11.9 Å². The molecule has 3 fully saturated rings. The van der Waals surface area contributed by atoms with E-state index in [1.165, 1.54) is 51.6 Å². The molecule has 0 radical (unpaired) electrons. The van der Waals surface area contributed by atoms with Gasteiger partial charge in [-0.3, -0.25) is 19.3 Å². The average molecular weight is 617 g/mol. The predicted octanol–water partition coefficient (Wildman–Crippen LogP) is 4.72. The Morgan fingerprint density at radius 3 is 2.14 bits per heavy atom. The van der Waals surface area contributed by atoms with Gasteiger partial charge in [-0.2, -0.15) is 0 Å². The summed E-state index contributed by atoms with van der Waals surface area (Å²) in [6.07, 6.45) is 11.0. The lowest BCUT2D eigenvalue weighted by Crippen LogP contribution is -2.53. The molecule has 5 heterocycles. The van der Waals surface area contributed by atoms with E-state index in [9.17, 15) is 14.4 Å². The Morgan fingerprint density at radius 2 is 1.57 bits per heavy atom. The van der Waals surface area contributed by atoms with Crippen molar-refractivity contribution in [1.82, 2.24) is 24.3 Å². The number of amides is 1. The van der Waals surface area contributed by atoms with Crippen LogP contribution < -0.4 is 5.32 Å². The van der Waals surface area contributed by atoms with Gasteiger partial charge in [0.2, 0.25) is 5.91 Å². The third-order valence-corrected chi connectivity index (χ3v) is 8.74. The quantitative estimate of drug-likeness (QED) is 0.399. The molecule has 0 bridgehead atoms. The summed E-state index contributed by atoms with van der Waals surface area (Å²) in [4.78, 5) is 45.6. The number of aliphatic carboxylic acids is 2. The van der Waals surface area contributed by atoms with Crippen LogP contribution in [0.5, 0.6) is 0 Å². The Hall–Kier alpha value is -3.09. The number of fused-ring (bicyclic) bond motifs is 1. The van der Waals surface area contributed by atoms with Crippen molar-refractivity contribution in [1.29, 1.82) is 0 Å². The molecule has 2 unspecified atom stereocenters. The van der Waals surface area contributed by atoms with Gasteiger partial charge >= 0.3 is 11.9 Å². The Bertz CT molecular complexity index is 1240. The summed E-state index contributed by atoms with van der Waals surface area (Å²) in [6.45, 7) is 15.0. The summed E-state index contributed by atoms with van der Waals surface area (Å²) in [5.41, 5.74) is 1.21. The van der Waals surface area contributed by atoms with E-state index in [-0.39, 0.29) is 36.0 Å². The zero-order valence-electron chi connectivity index (χ0n) is 27.5. The number of ether oxygens (including phenoxy) is 1. The maximum Gasteiger partial charge on any atom is 0.305 e. The molecule has 0 aromatic carbocycles. The number of likely N-dealkylation sites (tertiary alicyclic amines) is 2. The number of carbonyl (C=O) groups excluding carboxylic acids is 1. The maximum atomic E-state index is 12.2. The minimum Gasteiger partial charge on any atom is -0.481 e. The van der Waals surface area contributed by atoms with Crippen LogP contribution in [0.1, 0.15) is 86.3 Å². The average Bonchev–Trinajstić information content (AvgIpc) is 3.70. The highest BCUT2D eigenvalue weighted by Gasteiger charge is 2.44. The number of piperidine rings is 1. The van der Waals surface area contributed by atoms with Gasteiger partial charge in [-0.15, -0.1) is 0 Å². The summed E-state index contributed by atoms with van der Waals surface area (Å²) < 4.78 is 8.66. The summed E-state index contributed by atoms with van der Waals surface area (Å²) >= 11 is 0. The molecule has 1 amide bonds. The number of hydrogen-bond acceptors (Lipinski definition) is 8. The van der Waals surface area contributed by atoms with Gasteiger partial charge in [-0.05, 0) is 71.3 Å². The second-order valence-electron chi connectivity index (χ2n) is 13.2. The van der Waals surface area contributed by atoms with Crippen LogP contribution in [0.25, 0.3) is 11.0 Å². The molecule has 5 rings (SSSR count). The Balaban J connectivity index is 0.000000375. The Morgan fingerprint density at radius 1 is 0.955 bits per heavy atom. The third kappa shape index (κ3) is 9.21. The number of nitrogens with one attached hydrogen (secondary N) is 1. The van der Waals surface area contributed by atoms with Crippen LogP contribution >= 0.6 is 0 Å². The first kappa shape index (κ1) is 35.4. The van der Waals surface area contributed by atoms with Gasteiger partial charge in [0, 0.05) is 24.2 Å². The van der Waals surface area contributed by atoms with Crippen LogP contribution in [-0.4, -0.2) is 97.3 Å². The normalized spacial score (nSPS) is 21.8. The molecule has 246 valence electrons. The van der Waals surface area contributed by atoms with Crippen LogP contribution in [0.4, 0.5) is 5.82 Å². The highest BCUT2D eigenvalue weighted by molar-refractivity contribution is 5.99. The van der Waals surface area contributed by atoms with Crippen LogP contribution in [0.15, 0.2) is 18.6 Å². The van der Waals surface area contributed by atoms with E-state index in [4.69, 9.17) is 14.9 Å². The van der Waals surface area contributed by atoms with E-state index in [0.717, 1.165) is 30.4 Å². The van der Waals surface area contributed by atoms with E-state index in [2.05, 4.69) is 36.7 Å². The number of carbonyl (C=O) groups is 3. The molecule has 1 spiro atoms. The predicted molar refractivity (Wildman–Crippen MR) is 169 cm³/mol. The van der Waals surface area contributed by atoms with Crippen molar-refractivity contribution in [2.75, 3.05) is 38.5 Å². The molecule has 2 aromatic heterocycles. The SMILES string of the molecule is CC(C)C(=O)Nc1ncnc2c1ccn2C1CCC(CN2CCCC23CCN(C)CC3)O1.CC(C)C(=O)O.CC(C)C(=O)O. The number of carboxylic acids is 2. The molecule has 44 heavy (non-hydrogen) atoms. The molecular formula is C32H52N6O6. The van der Waals surface area contributed by atoms with Crippen LogP contribution in [0, 0.1) is 17.8 Å². The van der Waals surface area contributed by atoms with Gasteiger partial charge < -0.3 is 29.7 Å². The van der Waals surface area contributed by atoms with Crippen molar-refractivity contribution in [2.45, 2.75) is 97.9 Å². The van der Waals surface area contributed by atoms with Crippen molar-refractivity contribution in [3.8, 4) is 0 Å². The highest BCUT2D eigenvalue weighted by atomic mass is 16.5. The third-order valence-electron chi connectivity index (χ3n) is 8.74. The van der Waals surface area contributed by atoms with E-state index >= 15 is 0 Å². The Labute approximate surface area is 261 Å². The second kappa shape index (κ2) is 15.8. The zero-order chi connectivity index (χ0) is 32.6. The van der Waals surface area contributed by atoms with E-state index in [1.54, 1.807) is 27.7 Å². The summed E-state index contributed by atoms with van der Waals surface area (Å²) in [6, 6.07) is 1.98. The first-order chi connectivity index (χ1) is 20.7. The van der Waals surface area contributed by atoms with Gasteiger partial charge in [-0.25, -0.2) is 9.97 Å². The zero-order valence-corrected chi connectivity index (χ0v) is 27.5. The fraction of sp³-hybridized carbons (Fsp3) is 0.719. The smallest absolute Gasteiger partial charge is 0.305 e. The standard InChI is InChI=1S/C24H36N6O2.2C4H8O2/c1-17(2)23(31)27-21-19-7-12-30(22(19)26-16-25-21)20-6-5-18(32-20)15-29-11-4-8-24(29)9-13-28(3)14-10-24;2*1-3(2)4(5)6/h7,12,16-18,20H,4-6,8-11,13-15H2,1-3H3,(H,25,26,27,31);2*3H,1-2H3,(H,5,6). The minimum atomic E-state index is -0.741. The second-order valence-corrected chi connectivity index (χ2v) is 13.2. The lowest BCUT2D eigenvalue weighted by Gasteiger charge is -2.45. The van der Waals surface area contributed by atoms with Crippen molar-refractivity contribution >= 4 is 34.7 Å². The summed E-state index contributed by atoms with van der Waals surface area (Å²) in [5.74, 6) is -1.51. The number of hydrogen-bond donors (Lipinski definition) is 3. The number of anilines is 1. The number of rotatable bonds is 7. The van der Waals surface area contributed by atoms with Gasteiger partial charge in [0.1, 0.15) is 24.0 Å². The first-order valence-corrected chi connectivity index (χ1v) is 15.9. The maximum absolute atomic E-state index is 12.2.